The lowest BCUT2D eigenvalue weighted by molar-refractivity contribution is -0.151. The molecule has 0 saturated carbocycles. The van der Waals surface area contributed by atoms with Crippen LogP contribution >= 0.6 is 0 Å². The maximum absolute atomic E-state index is 13.2. The molecule has 6 nitrogen and oxygen atoms in total. The van der Waals surface area contributed by atoms with Crippen LogP contribution in [0.3, 0.4) is 0 Å². The van der Waals surface area contributed by atoms with Crippen molar-refractivity contribution in [3.05, 3.63) is 24.3 Å². The summed E-state index contributed by atoms with van der Waals surface area (Å²) in [4.78, 5) is 26.3. The molecule has 0 aromatic rings. The Balaban J connectivity index is 4.49. The predicted octanol–water partition coefficient (Wildman–Crippen LogP) is 17.9. The summed E-state index contributed by atoms with van der Waals surface area (Å²) in [5.41, 5.74) is 0. The van der Waals surface area contributed by atoms with Gasteiger partial charge in [-0.15, -0.1) is 0 Å². The van der Waals surface area contributed by atoms with E-state index in [-0.39, 0.29) is 24.9 Å². The van der Waals surface area contributed by atoms with Gasteiger partial charge >= 0.3 is 5.97 Å². The minimum atomic E-state index is -0.786. The Morgan fingerprint density at radius 3 is 1.20 bits per heavy atom. The molecule has 0 aliphatic heterocycles. The van der Waals surface area contributed by atoms with E-state index in [4.69, 9.17) is 4.74 Å². The number of allylic oxidation sites excluding steroid dienone is 4. The third-order valence-electron chi connectivity index (χ3n) is 13.5. The van der Waals surface area contributed by atoms with Crippen LogP contribution in [0.5, 0.6) is 0 Å². The molecule has 3 unspecified atom stereocenters. The predicted molar refractivity (Wildman–Crippen MR) is 283 cm³/mol. The van der Waals surface area contributed by atoms with Gasteiger partial charge in [-0.05, 0) is 57.8 Å². The second-order valence-electron chi connectivity index (χ2n) is 20.1. The zero-order valence-electron chi connectivity index (χ0n) is 43.9. The third-order valence-corrected chi connectivity index (χ3v) is 13.5. The Kier molecular flexibility index (Phi) is 51.9. The van der Waals surface area contributed by atoms with Crippen LogP contribution < -0.4 is 5.32 Å². The standard InChI is InChI=1S/C59H113NO5/c1-4-7-10-13-16-19-22-24-26-28-29-31-33-35-37-40-43-46-49-52-59(64)65-55(50-47-44-41-38-36-34-32-30-27-25-23-20-17-14-11-8-5-2)53-58(63)60-56(54-61)57(62)51-48-45-42-39-21-18-15-12-9-6-3/h17,20,25,27,55-57,61-62H,4-16,18-19,21-24,26,28-54H2,1-3H3,(H,60,63)/b20-17-,27-25-. The van der Waals surface area contributed by atoms with Crippen molar-refractivity contribution in [2.75, 3.05) is 6.61 Å². The average Bonchev–Trinajstić information content (AvgIpc) is 3.30. The van der Waals surface area contributed by atoms with Gasteiger partial charge in [0.05, 0.1) is 25.2 Å². The van der Waals surface area contributed by atoms with Crippen molar-refractivity contribution in [2.24, 2.45) is 0 Å². The lowest BCUT2D eigenvalue weighted by Gasteiger charge is -2.24. The first-order valence-corrected chi connectivity index (χ1v) is 29.1. The highest BCUT2D eigenvalue weighted by Crippen LogP contribution is 2.19. The Morgan fingerprint density at radius 2 is 0.785 bits per heavy atom. The van der Waals surface area contributed by atoms with E-state index in [0.717, 1.165) is 64.2 Å². The molecule has 384 valence electrons. The number of hydrogen-bond donors (Lipinski definition) is 3. The number of aliphatic hydroxyl groups excluding tert-OH is 2. The summed E-state index contributed by atoms with van der Waals surface area (Å²) < 4.78 is 5.97. The monoisotopic (exact) mass is 916 g/mol. The molecule has 6 heteroatoms. The van der Waals surface area contributed by atoms with Gasteiger partial charge in [0.25, 0.3) is 0 Å². The van der Waals surface area contributed by atoms with Gasteiger partial charge < -0.3 is 20.3 Å². The van der Waals surface area contributed by atoms with Crippen LogP contribution in [0.4, 0.5) is 0 Å². The van der Waals surface area contributed by atoms with E-state index < -0.39 is 18.2 Å². The largest absolute Gasteiger partial charge is 0.462 e. The highest BCUT2D eigenvalue weighted by molar-refractivity contribution is 5.77. The van der Waals surface area contributed by atoms with E-state index in [2.05, 4.69) is 50.4 Å². The first kappa shape index (κ1) is 63.3. The number of nitrogens with one attached hydrogen (secondary N) is 1. The fourth-order valence-electron chi connectivity index (χ4n) is 9.11. The first-order chi connectivity index (χ1) is 32.0. The van der Waals surface area contributed by atoms with Gasteiger partial charge in [0.1, 0.15) is 6.10 Å². The molecule has 3 atom stereocenters. The molecule has 0 radical (unpaired) electrons. The summed E-state index contributed by atoms with van der Waals surface area (Å²) in [6, 6.07) is -0.699. The molecule has 0 aliphatic rings. The highest BCUT2D eigenvalue weighted by atomic mass is 16.5. The van der Waals surface area contributed by atoms with Crippen LogP contribution in [0.15, 0.2) is 24.3 Å². The van der Waals surface area contributed by atoms with Crippen LogP contribution in [0.25, 0.3) is 0 Å². The maximum Gasteiger partial charge on any atom is 0.306 e. The van der Waals surface area contributed by atoms with Crippen LogP contribution in [0, 0.1) is 0 Å². The molecule has 0 aromatic heterocycles. The van der Waals surface area contributed by atoms with E-state index in [1.165, 1.54) is 205 Å². The molecule has 0 bridgehead atoms. The van der Waals surface area contributed by atoms with Gasteiger partial charge in [0, 0.05) is 6.42 Å². The van der Waals surface area contributed by atoms with Gasteiger partial charge in [-0.3, -0.25) is 9.59 Å². The van der Waals surface area contributed by atoms with Crippen molar-refractivity contribution in [1.82, 2.24) is 5.32 Å². The molecule has 0 saturated heterocycles. The molecule has 0 rings (SSSR count). The number of esters is 1. The molecule has 0 spiro atoms. The van der Waals surface area contributed by atoms with Crippen molar-refractivity contribution < 1.29 is 24.5 Å². The van der Waals surface area contributed by atoms with Gasteiger partial charge in [-0.1, -0.05) is 270 Å². The van der Waals surface area contributed by atoms with Crippen LogP contribution in [-0.4, -0.2) is 46.9 Å². The van der Waals surface area contributed by atoms with Crippen molar-refractivity contribution in [3.63, 3.8) is 0 Å². The number of rotatable bonds is 53. The summed E-state index contributed by atoms with van der Waals surface area (Å²) in [5, 5.41) is 23.8. The minimum Gasteiger partial charge on any atom is -0.462 e. The van der Waals surface area contributed by atoms with E-state index in [1.807, 2.05) is 0 Å². The number of aliphatic hydroxyl groups is 2. The fourth-order valence-corrected chi connectivity index (χ4v) is 9.11. The minimum absolute atomic E-state index is 0.0780. The van der Waals surface area contributed by atoms with E-state index >= 15 is 0 Å². The second kappa shape index (κ2) is 53.3. The molecule has 0 heterocycles. The fraction of sp³-hybridized carbons (Fsp3) is 0.898. The number of carbonyl (C=O) groups is 2. The second-order valence-corrected chi connectivity index (χ2v) is 20.1. The topological polar surface area (TPSA) is 95.9 Å². The third kappa shape index (κ3) is 48.6. The summed E-state index contributed by atoms with van der Waals surface area (Å²) >= 11 is 0. The molecule has 65 heavy (non-hydrogen) atoms. The number of carbonyl (C=O) groups excluding carboxylic acids is 2. The van der Waals surface area contributed by atoms with Gasteiger partial charge in [0.2, 0.25) is 5.91 Å². The maximum atomic E-state index is 13.2. The average molecular weight is 917 g/mol. The number of ether oxygens (including phenoxy) is 1. The molecule has 0 aliphatic carbocycles. The summed E-state index contributed by atoms with van der Waals surface area (Å²) in [7, 11) is 0. The normalized spacial score (nSPS) is 13.2. The van der Waals surface area contributed by atoms with E-state index in [9.17, 15) is 19.8 Å². The van der Waals surface area contributed by atoms with Crippen LogP contribution in [0.2, 0.25) is 0 Å². The summed E-state index contributed by atoms with van der Waals surface area (Å²) in [6.45, 7) is 6.48. The Hall–Kier alpha value is -1.66. The van der Waals surface area contributed by atoms with Gasteiger partial charge in [0.15, 0.2) is 0 Å². The smallest absolute Gasteiger partial charge is 0.306 e. The van der Waals surface area contributed by atoms with E-state index in [1.54, 1.807) is 0 Å². The van der Waals surface area contributed by atoms with Crippen LogP contribution in [-0.2, 0) is 14.3 Å². The number of amides is 1. The number of unbranched alkanes of at least 4 members (excludes halogenated alkanes) is 37. The molecule has 0 fully saturated rings. The lowest BCUT2D eigenvalue weighted by atomic mass is 10.0. The van der Waals surface area contributed by atoms with Gasteiger partial charge in [-0.2, -0.15) is 0 Å². The summed E-state index contributed by atoms with van der Waals surface area (Å²) in [5.74, 6) is -0.462. The molecular formula is C59H113NO5. The molecular weight excluding hydrogens is 803 g/mol. The SMILES string of the molecule is CCCCC/C=C\C/C=C\CCCCCCCCCC(CC(=O)NC(CO)C(O)CCCCCCCCCCCC)OC(=O)CCCCCCCCCCCCCCCCCCCCC. The quantitative estimate of drug-likeness (QED) is 0.0321. The highest BCUT2D eigenvalue weighted by Gasteiger charge is 2.24. The zero-order valence-corrected chi connectivity index (χ0v) is 43.9. The molecule has 0 aromatic carbocycles. The van der Waals surface area contributed by atoms with Gasteiger partial charge in [-0.25, -0.2) is 0 Å². The van der Waals surface area contributed by atoms with Crippen molar-refractivity contribution >= 4 is 11.9 Å². The van der Waals surface area contributed by atoms with Crippen molar-refractivity contribution in [2.45, 2.75) is 334 Å². The lowest BCUT2D eigenvalue weighted by Crippen LogP contribution is -2.46. The number of hydrogen-bond acceptors (Lipinski definition) is 5. The Bertz CT molecular complexity index is 1030. The van der Waals surface area contributed by atoms with Crippen LogP contribution in [0.1, 0.15) is 316 Å². The van der Waals surface area contributed by atoms with E-state index in [0.29, 0.717) is 19.3 Å². The Morgan fingerprint density at radius 1 is 0.446 bits per heavy atom. The van der Waals surface area contributed by atoms with Crippen molar-refractivity contribution in [1.29, 1.82) is 0 Å². The summed E-state index contributed by atoms with van der Waals surface area (Å²) in [6.07, 6.45) is 62.5. The van der Waals surface area contributed by atoms with Crippen molar-refractivity contribution in [3.8, 4) is 0 Å². The molecule has 3 N–H and O–H groups in total. The molecule has 1 amide bonds. The Labute approximate surface area is 405 Å². The first-order valence-electron chi connectivity index (χ1n) is 29.1. The zero-order chi connectivity index (χ0) is 47.4.